The van der Waals surface area contributed by atoms with Gasteiger partial charge < -0.3 is 36.8 Å². The third-order valence-corrected chi connectivity index (χ3v) is 2.34. The molecule has 0 aliphatic carbocycles. The Morgan fingerprint density at radius 2 is 1.43 bits per heavy atom. The first kappa shape index (κ1) is 18.8. The van der Waals surface area contributed by atoms with E-state index in [0.717, 1.165) is 0 Å². The minimum Gasteiger partial charge on any atom is -0.481 e. The first-order chi connectivity index (χ1) is 9.72. The van der Waals surface area contributed by atoms with Gasteiger partial charge in [0.05, 0.1) is 19.6 Å². The molecule has 120 valence electrons. The molecule has 0 saturated heterocycles. The quantitative estimate of drug-likeness (QED) is 0.221. The number of nitrogens with one attached hydrogen (secondary N) is 2. The monoisotopic (exact) mass is 307 g/mol. The van der Waals surface area contributed by atoms with E-state index in [1.165, 1.54) is 0 Å². The standard InChI is InChI=1S/C10H17N3O8/c11-4(2-14)8(18)13-6(3-15)9(19)12-5(10(20)21)1-7(16)17/h4-6,14-15H,1-3,11H2,(H,12,19)(H,13,18)(H,16,17)(H,20,21)/t4-,5-,6-/m0/s1. The van der Waals surface area contributed by atoms with Crippen LogP contribution in [0, 0.1) is 0 Å². The number of nitrogens with two attached hydrogens (primary N) is 1. The zero-order chi connectivity index (χ0) is 16.6. The van der Waals surface area contributed by atoms with Crippen molar-refractivity contribution >= 4 is 23.8 Å². The first-order valence-corrected chi connectivity index (χ1v) is 5.75. The molecular formula is C10H17N3O8. The van der Waals surface area contributed by atoms with E-state index >= 15 is 0 Å². The van der Waals surface area contributed by atoms with Crippen LogP contribution in [0.2, 0.25) is 0 Å². The Bertz CT molecular complexity index is 413. The van der Waals surface area contributed by atoms with Crippen LogP contribution in [-0.2, 0) is 19.2 Å². The third kappa shape index (κ3) is 6.65. The van der Waals surface area contributed by atoms with Gasteiger partial charge in [-0.3, -0.25) is 14.4 Å². The maximum atomic E-state index is 11.7. The fraction of sp³-hybridized carbons (Fsp3) is 0.600. The number of carboxylic acid groups (broad SMARTS) is 2. The molecular weight excluding hydrogens is 290 g/mol. The number of aliphatic hydroxyl groups excluding tert-OH is 2. The van der Waals surface area contributed by atoms with Gasteiger partial charge in [-0.25, -0.2) is 4.79 Å². The molecule has 0 aromatic carbocycles. The van der Waals surface area contributed by atoms with Crippen molar-refractivity contribution in [2.75, 3.05) is 13.2 Å². The predicted octanol–water partition coefficient (Wildman–Crippen LogP) is -4.17. The second-order valence-corrected chi connectivity index (χ2v) is 4.03. The molecule has 0 aliphatic heterocycles. The Labute approximate surface area is 118 Å². The summed E-state index contributed by atoms with van der Waals surface area (Å²) in [6.45, 7) is -1.56. The molecule has 21 heavy (non-hydrogen) atoms. The Balaban J connectivity index is 4.73. The number of carbonyl (C=O) groups is 4. The topological polar surface area (TPSA) is 199 Å². The summed E-state index contributed by atoms with van der Waals surface area (Å²) in [5.74, 6) is -5.06. The van der Waals surface area contributed by atoms with Gasteiger partial charge in [0, 0.05) is 0 Å². The van der Waals surface area contributed by atoms with E-state index in [1.807, 2.05) is 10.6 Å². The number of carbonyl (C=O) groups excluding carboxylic acids is 2. The molecule has 0 spiro atoms. The summed E-state index contributed by atoms with van der Waals surface area (Å²) in [5, 5.41) is 38.8. The molecule has 0 aromatic rings. The van der Waals surface area contributed by atoms with Gasteiger partial charge >= 0.3 is 11.9 Å². The maximum Gasteiger partial charge on any atom is 0.326 e. The summed E-state index contributed by atoms with van der Waals surface area (Å²) in [7, 11) is 0. The van der Waals surface area contributed by atoms with Crippen LogP contribution in [0.4, 0.5) is 0 Å². The summed E-state index contributed by atoms with van der Waals surface area (Å²) in [5.41, 5.74) is 5.19. The first-order valence-electron chi connectivity index (χ1n) is 5.75. The Morgan fingerprint density at radius 3 is 1.81 bits per heavy atom. The van der Waals surface area contributed by atoms with Gasteiger partial charge in [0.1, 0.15) is 18.1 Å². The molecule has 0 rings (SSSR count). The van der Waals surface area contributed by atoms with Gasteiger partial charge in [0.2, 0.25) is 11.8 Å². The number of carboxylic acids is 2. The minimum absolute atomic E-state index is 0.692. The second-order valence-electron chi connectivity index (χ2n) is 4.03. The van der Waals surface area contributed by atoms with Crippen LogP contribution in [0.5, 0.6) is 0 Å². The van der Waals surface area contributed by atoms with Crippen molar-refractivity contribution in [2.24, 2.45) is 5.73 Å². The van der Waals surface area contributed by atoms with Crippen LogP contribution >= 0.6 is 0 Å². The Hall–Kier alpha value is -2.24. The molecule has 0 fully saturated rings. The number of hydrogen-bond acceptors (Lipinski definition) is 7. The molecule has 8 N–H and O–H groups in total. The van der Waals surface area contributed by atoms with E-state index in [0.29, 0.717) is 0 Å². The SMILES string of the molecule is N[C@@H](CO)C(=O)N[C@@H](CO)C(=O)N[C@@H](CC(=O)O)C(=O)O. The van der Waals surface area contributed by atoms with Crippen LogP contribution in [0.15, 0.2) is 0 Å². The summed E-state index contributed by atoms with van der Waals surface area (Å²) in [6.07, 6.45) is -0.872. The van der Waals surface area contributed by atoms with Crippen molar-refractivity contribution in [1.82, 2.24) is 10.6 Å². The molecule has 11 nitrogen and oxygen atoms in total. The lowest BCUT2D eigenvalue weighted by Crippen LogP contribution is -2.56. The summed E-state index contributed by atoms with van der Waals surface area (Å²) >= 11 is 0. The van der Waals surface area contributed by atoms with Crippen molar-refractivity contribution in [3.05, 3.63) is 0 Å². The van der Waals surface area contributed by atoms with Gasteiger partial charge in [-0.2, -0.15) is 0 Å². The van der Waals surface area contributed by atoms with Gasteiger partial charge in [-0.15, -0.1) is 0 Å². The van der Waals surface area contributed by atoms with E-state index in [9.17, 15) is 19.2 Å². The fourth-order valence-corrected chi connectivity index (χ4v) is 1.20. The molecule has 0 radical (unpaired) electrons. The fourth-order valence-electron chi connectivity index (χ4n) is 1.20. The second kappa shape index (κ2) is 8.84. The van der Waals surface area contributed by atoms with Crippen molar-refractivity contribution in [2.45, 2.75) is 24.5 Å². The highest BCUT2D eigenvalue weighted by molar-refractivity contribution is 5.92. The largest absolute Gasteiger partial charge is 0.481 e. The zero-order valence-corrected chi connectivity index (χ0v) is 10.9. The molecule has 0 heterocycles. The van der Waals surface area contributed by atoms with Crippen LogP contribution in [-0.4, -0.2) is 75.5 Å². The maximum absolute atomic E-state index is 11.7. The molecule has 11 heteroatoms. The van der Waals surface area contributed by atoms with Crippen molar-refractivity contribution < 1.29 is 39.6 Å². The molecule has 2 amide bonds. The van der Waals surface area contributed by atoms with Gasteiger partial charge in [-0.05, 0) is 0 Å². The van der Waals surface area contributed by atoms with Crippen LogP contribution in [0.25, 0.3) is 0 Å². The molecule has 0 unspecified atom stereocenters. The van der Waals surface area contributed by atoms with Crippen molar-refractivity contribution in [1.29, 1.82) is 0 Å². The smallest absolute Gasteiger partial charge is 0.326 e. The lowest BCUT2D eigenvalue weighted by atomic mass is 10.1. The number of hydrogen-bond donors (Lipinski definition) is 7. The van der Waals surface area contributed by atoms with E-state index < -0.39 is 61.5 Å². The predicted molar refractivity (Wildman–Crippen MR) is 65.9 cm³/mol. The summed E-state index contributed by atoms with van der Waals surface area (Å²) in [4.78, 5) is 44.3. The van der Waals surface area contributed by atoms with E-state index in [2.05, 4.69) is 0 Å². The molecule has 0 aromatic heterocycles. The zero-order valence-electron chi connectivity index (χ0n) is 10.9. The summed E-state index contributed by atoms with van der Waals surface area (Å²) < 4.78 is 0. The lowest BCUT2D eigenvalue weighted by molar-refractivity contribution is -0.147. The average molecular weight is 307 g/mol. The average Bonchev–Trinajstić information content (AvgIpc) is 2.41. The van der Waals surface area contributed by atoms with E-state index in [-0.39, 0.29) is 0 Å². The molecule has 0 saturated carbocycles. The Kier molecular flexibility index (Phi) is 7.89. The van der Waals surface area contributed by atoms with Gasteiger partial charge in [-0.1, -0.05) is 0 Å². The lowest BCUT2D eigenvalue weighted by Gasteiger charge is -2.20. The van der Waals surface area contributed by atoms with Crippen molar-refractivity contribution in [3.8, 4) is 0 Å². The third-order valence-electron chi connectivity index (χ3n) is 2.34. The highest BCUT2D eigenvalue weighted by atomic mass is 16.4. The minimum atomic E-state index is -1.72. The number of amides is 2. The van der Waals surface area contributed by atoms with Crippen LogP contribution < -0.4 is 16.4 Å². The highest BCUT2D eigenvalue weighted by Crippen LogP contribution is 1.95. The summed E-state index contributed by atoms with van der Waals surface area (Å²) in [6, 6.07) is -4.56. The number of aliphatic hydroxyl groups is 2. The van der Waals surface area contributed by atoms with Crippen LogP contribution in [0.3, 0.4) is 0 Å². The number of rotatable bonds is 9. The molecule has 0 bridgehead atoms. The van der Waals surface area contributed by atoms with Gasteiger partial charge in [0.15, 0.2) is 0 Å². The number of aliphatic carboxylic acids is 2. The van der Waals surface area contributed by atoms with E-state index in [1.54, 1.807) is 0 Å². The Morgan fingerprint density at radius 1 is 0.905 bits per heavy atom. The van der Waals surface area contributed by atoms with Crippen molar-refractivity contribution in [3.63, 3.8) is 0 Å². The van der Waals surface area contributed by atoms with Crippen LogP contribution in [0.1, 0.15) is 6.42 Å². The molecule has 3 atom stereocenters. The van der Waals surface area contributed by atoms with E-state index in [4.69, 9.17) is 26.2 Å². The van der Waals surface area contributed by atoms with Gasteiger partial charge in [0.25, 0.3) is 0 Å². The normalized spacial score (nSPS) is 14.6. The highest BCUT2D eigenvalue weighted by Gasteiger charge is 2.28. The molecule has 0 aliphatic rings.